The number of carbonyl (C=O) groups excluding carboxylic acids is 1. The molecule has 26 heavy (non-hydrogen) atoms. The molecule has 0 radical (unpaired) electrons. The summed E-state index contributed by atoms with van der Waals surface area (Å²) in [6, 6.07) is 8.00. The Kier molecular flexibility index (Phi) is 5.49. The molecule has 2 heterocycles. The number of amides is 1. The predicted octanol–water partition coefficient (Wildman–Crippen LogP) is -0.0112. The summed E-state index contributed by atoms with van der Waals surface area (Å²) in [5, 5.41) is 36.7. The van der Waals surface area contributed by atoms with Crippen molar-refractivity contribution in [2.75, 3.05) is 6.61 Å². The Hall–Kier alpha value is -2.11. The number of rotatable bonds is 4. The molecule has 0 saturated carbocycles. The summed E-state index contributed by atoms with van der Waals surface area (Å²) in [6.07, 6.45) is -4.92. The lowest BCUT2D eigenvalue weighted by molar-refractivity contribution is -0.219. The molecule has 0 spiro atoms. The number of ether oxygens (including phenoxy) is 1. The van der Waals surface area contributed by atoms with Gasteiger partial charge in [0.05, 0.1) is 6.61 Å². The first-order valence-corrected chi connectivity index (χ1v) is 8.38. The molecule has 1 saturated heterocycles. The summed E-state index contributed by atoms with van der Waals surface area (Å²) >= 11 is 5.20. The predicted molar refractivity (Wildman–Crippen MR) is 91.4 cm³/mol. The highest BCUT2D eigenvalue weighted by Crippen LogP contribution is 2.30. The van der Waals surface area contributed by atoms with Crippen LogP contribution in [0.3, 0.4) is 0 Å². The van der Waals surface area contributed by atoms with Crippen LogP contribution in [0.5, 0.6) is 0 Å². The number of aromatic nitrogens is 2. The molecule has 10 heteroatoms. The lowest BCUT2D eigenvalue weighted by Gasteiger charge is -2.41. The monoisotopic (exact) mass is 381 g/mol. The minimum Gasteiger partial charge on any atom is -0.409 e. The molecule has 5 atom stereocenters. The third-order valence-corrected chi connectivity index (χ3v) is 4.37. The van der Waals surface area contributed by atoms with Gasteiger partial charge in [-0.25, -0.2) is 0 Å². The van der Waals surface area contributed by atoms with E-state index in [-0.39, 0.29) is 10.7 Å². The van der Waals surface area contributed by atoms with Crippen LogP contribution in [-0.4, -0.2) is 62.0 Å². The smallest absolute Gasteiger partial charge is 0.289 e. The first kappa shape index (κ1) is 18.7. The molecule has 1 aromatic carbocycles. The maximum atomic E-state index is 11.5. The van der Waals surface area contributed by atoms with Crippen molar-refractivity contribution in [2.45, 2.75) is 37.5 Å². The molecule has 0 aliphatic carbocycles. The van der Waals surface area contributed by atoms with Gasteiger partial charge >= 0.3 is 0 Å². The quantitative estimate of drug-likeness (QED) is 0.544. The van der Waals surface area contributed by atoms with Crippen LogP contribution in [0.15, 0.2) is 34.7 Å². The van der Waals surface area contributed by atoms with Crippen LogP contribution < -0.4 is 5.32 Å². The third-order valence-electron chi connectivity index (χ3n) is 4.10. The highest BCUT2D eigenvalue weighted by atomic mass is 32.1. The number of benzene rings is 1. The van der Waals surface area contributed by atoms with E-state index in [1.807, 2.05) is 18.2 Å². The number of aliphatic hydroxyl groups is 3. The van der Waals surface area contributed by atoms with Crippen LogP contribution in [0.25, 0.3) is 11.5 Å². The van der Waals surface area contributed by atoms with E-state index in [4.69, 9.17) is 21.4 Å². The number of carbonyl (C=O) groups is 1. The summed E-state index contributed by atoms with van der Waals surface area (Å²) < 4.78 is 12.4. The topological polar surface area (TPSA) is 130 Å². The number of nitrogens with one attached hydrogen (secondary N) is 1. The van der Waals surface area contributed by atoms with Crippen molar-refractivity contribution >= 4 is 18.1 Å². The van der Waals surface area contributed by atoms with Crippen molar-refractivity contribution in [3.8, 4) is 11.5 Å². The maximum Gasteiger partial charge on any atom is 0.289 e. The van der Waals surface area contributed by atoms with E-state index in [2.05, 4.69) is 10.4 Å². The number of aliphatic hydroxyl groups excluding tert-OH is 3. The van der Waals surface area contributed by atoms with Crippen molar-refractivity contribution < 1.29 is 29.3 Å². The van der Waals surface area contributed by atoms with Crippen molar-refractivity contribution in [3.05, 3.63) is 35.2 Å². The van der Waals surface area contributed by atoms with E-state index in [9.17, 15) is 20.1 Å². The summed E-state index contributed by atoms with van der Waals surface area (Å²) in [7, 11) is 0. The molecule has 3 rings (SSSR count). The fourth-order valence-corrected chi connectivity index (χ4v) is 3.07. The normalized spacial score (nSPS) is 28.7. The second-order valence-electron chi connectivity index (χ2n) is 5.94. The van der Waals surface area contributed by atoms with E-state index in [1.165, 1.54) is 11.6 Å². The minimum absolute atomic E-state index is 0.0375. The van der Waals surface area contributed by atoms with Gasteiger partial charge in [-0.1, -0.05) is 18.2 Å². The van der Waals surface area contributed by atoms with E-state index in [0.29, 0.717) is 5.56 Å². The Bertz CT molecular complexity index is 823. The zero-order chi connectivity index (χ0) is 18.8. The van der Waals surface area contributed by atoms with Gasteiger partial charge in [0.2, 0.25) is 11.8 Å². The zero-order valence-electron chi connectivity index (χ0n) is 13.8. The Morgan fingerprint density at radius 3 is 2.62 bits per heavy atom. The van der Waals surface area contributed by atoms with E-state index in [1.54, 1.807) is 12.1 Å². The molecular formula is C16H19N3O6S. The number of hydrogen-bond acceptors (Lipinski definition) is 8. The lowest BCUT2D eigenvalue weighted by Crippen LogP contribution is -2.62. The first-order chi connectivity index (χ1) is 12.4. The SMILES string of the molecule is CC(=O)N[C@H]1[C@@H](O)[C@H](O)[C@@H](CO)O[C@H]1n1nc(-c2ccccc2)oc1=S. The van der Waals surface area contributed by atoms with Gasteiger partial charge in [-0.2, -0.15) is 4.68 Å². The average molecular weight is 381 g/mol. The van der Waals surface area contributed by atoms with Gasteiger partial charge in [0, 0.05) is 12.5 Å². The average Bonchev–Trinajstić information content (AvgIpc) is 3.01. The molecule has 2 aromatic rings. The molecule has 4 N–H and O–H groups in total. The van der Waals surface area contributed by atoms with Gasteiger partial charge in [-0.15, -0.1) is 5.10 Å². The standard InChI is InChI=1S/C16H19N3O6S/c1-8(21)17-11-13(23)12(22)10(7-20)24-15(11)19-16(26)25-14(18-19)9-5-3-2-4-6-9/h2-6,10-13,15,20,22-23H,7H2,1H3,(H,17,21)/t10-,11+,12-,13-,15-/m1/s1. The molecule has 1 fully saturated rings. The minimum atomic E-state index is -1.39. The molecule has 1 aliphatic rings. The molecule has 1 aliphatic heterocycles. The maximum absolute atomic E-state index is 11.5. The van der Waals surface area contributed by atoms with Gasteiger partial charge < -0.3 is 29.8 Å². The number of hydrogen-bond donors (Lipinski definition) is 4. The Balaban J connectivity index is 2.00. The van der Waals surface area contributed by atoms with Crippen LogP contribution in [0, 0.1) is 4.84 Å². The van der Waals surface area contributed by atoms with Crippen LogP contribution in [0.2, 0.25) is 0 Å². The molecule has 140 valence electrons. The molecule has 1 aromatic heterocycles. The fraction of sp³-hybridized carbons (Fsp3) is 0.438. The van der Waals surface area contributed by atoms with E-state index in [0.717, 1.165) is 0 Å². The summed E-state index contributed by atoms with van der Waals surface area (Å²) in [6.45, 7) is 0.740. The summed E-state index contributed by atoms with van der Waals surface area (Å²) in [5.74, 6) is -0.197. The van der Waals surface area contributed by atoms with Crippen LogP contribution in [-0.2, 0) is 9.53 Å². The zero-order valence-corrected chi connectivity index (χ0v) is 14.7. The second kappa shape index (κ2) is 7.64. The summed E-state index contributed by atoms with van der Waals surface area (Å²) in [5.41, 5.74) is 0.684. The van der Waals surface area contributed by atoms with Crippen LogP contribution >= 0.6 is 12.2 Å². The summed E-state index contributed by atoms with van der Waals surface area (Å²) in [4.78, 5) is 11.5. The fourth-order valence-electron chi connectivity index (χ4n) is 2.84. The highest BCUT2D eigenvalue weighted by molar-refractivity contribution is 7.71. The third kappa shape index (κ3) is 3.55. The van der Waals surface area contributed by atoms with Crippen molar-refractivity contribution in [2.24, 2.45) is 0 Å². The van der Waals surface area contributed by atoms with E-state index >= 15 is 0 Å². The van der Waals surface area contributed by atoms with Crippen LogP contribution in [0.4, 0.5) is 0 Å². The Labute approximate surface area is 153 Å². The van der Waals surface area contributed by atoms with Gasteiger partial charge in [0.15, 0.2) is 6.23 Å². The van der Waals surface area contributed by atoms with Gasteiger partial charge in [-0.3, -0.25) is 4.79 Å². The Morgan fingerprint density at radius 1 is 1.31 bits per heavy atom. The van der Waals surface area contributed by atoms with Gasteiger partial charge in [-0.05, 0) is 24.4 Å². The molecule has 9 nitrogen and oxygen atoms in total. The molecule has 0 bridgehead atoms. The van der Waals surface area contributed by atoms with Crippen molar-refractivity contribution in [1.82, 2.24) is 15.1 Å². The van der Waals surface area contributed by atoms with Crippen molar-refractivity contribution in [3.63, 3.8) is 0 Å². The molecular weight excluding hydrogens is 362 g/mol. The van der Waals surface area contributed by atoms with E-state index < -0.39 is 43.1 Å². The van der Waals surface area contributed by atoms with Gasteiger partial charge in [0.1, 0.15) is 24.4 Å². The second-order valence-corrected chi connectivity index (χ2v) is 6.29. The molecule has 0 unspecified atom stereocenters. The van der Waals surface area contributed by atoms with Crippen LogP contribution in [0.1, 0.15) is 13.2 Å². The molecule has 1 amide bonds. The van der Waals surface area contributed by atoms with Gasteiger partial charge in [0.25, 0.3) is 4.84 Å². The van der Waals surface area contributed by atoms with Crippen molar-refractivity contribution in [1.29, 1.82) is 0 Å². The highest BCUT2D eigenvalue weighted by Gasteiger charge is 2.46. The largest absolute Gasteiger partial charge is 0.409 e. The first-order valence-electron chi connectivity index (χ1n) is 7.97. The number of nitrogens with zero attached hydrogens (tertiary/aromatic N) is 2. The Morgan fingerprint density at radius 2 is 2.00 bits per heavy atom. The lowest BCUT2D eigenvalue weighted by atomic mass is 9.96.